The Morgan fingerprint density at radius 3 is 1.92 bits per heavy atom. The molecule has 2 fully saturated rings. The lowest BCUT2D eigenvalue weighted by atomic mass is 9.86. The Morgan fingerprint density at radius 2 is 1.39 bits per heavy atom. The van der Waals surface area contributed by atoms with E-state index in [2.05, 4.69) is 0 Å². The summed E-state index contributed by atoms with van der Waals surface area (Å²) in [5, 5.41) is 102. The van der Waals surface area contributed by atoms with E-state index in [0.717, 1.165) is 0 Å². The van der Waals surface area contributed by atoms with Crippen molar-refractivity contribution in [2.24, 2.45) is 5.41 Å². The van der Waals surface area contributed by atoms with Gasteiger partial charge in [0.05, 0.1) is 25.4 Å². The van der Waals surface area contributed by atoms with E-state index in [1.54, 1.807) is 0 Å². The Bertz CT molecular complexity index is 661. The molecule has 2 heterocycles. The molecule has 2 aliphatic rings. The maximum absolute atomic E-state index is 10.9. The highest BCUT2D eigenvalue weighted by molar-refractivity contribution is 4.95. The Balaban J connectivity index is 2.24. The van der Waals surface area contributed by atoms with E-state index in [0.29, 0.717) is 0 Å². The summed E-state index contributed by atoms with van der Waals surface area (Å²) in [6.45, 7) is 5.18. The summed E-state index contributed by atoms with van der Waals surface area (Å²) in [5.41, 5.74) is -0.420. The number of rotatable bonds is 10. The minimum Gasteiger partial charge on any atom is -0.394 e. The molecule has 14 nitrogen and oxygen atoms in total. The van der Waals surface area contributed by atoms with Crippen LogP contribution in [0, 0.1) is 5.41 Å². The van der Waals surface area contributed by atoms with Gasteiger partial charge in [-0.05, 0) is 18.8 Å². The molecule has 0 unspecified atom stereocenters. The van der Waals surface area contributed by atoms with Gasteiger partial charge in [0.2, 0.25) is 0 Å². The van der Waals surface area contributed by atoms with E-state index >= 15 is 0 Å². The Morgan fingerprint density at radius 1 is 0.778 bits per heavy atom. The molecule has 14 heteroatoms. The molecule has 2 rings (SSSR count). The predicted octanol–water partition coefficient (Wildman–Crippen LogP) is -4.47. The first kappa shape index (κ1) is 31.7. The summed E-state index contributed by atoms with van der Waals surface area (Å²) < 4.78 is 21.8. The summed E-state index contributed by atoms with van der Waals surface area (Å²) in [5.74, 6) is 0. The van der Waals surface area contributed by atoms with Crippen molar-refractivity contribution < 1.29 is 70.0 Å². The van der Waals surface area contributed by atoms with Gasteiger partial charge >= 0.3 is 0 Å². The third kappa shape index (κ3) is 7.51. The van der Waals surface area contributed by atoms with Gasteiger partial charge in [-0.1, -0.05) is 20.8 Å². The highest BCUT2D eigenvalue weighted by Gasteiger charge is 2.51. The average Bonchev–Trinajstić information content (AvgIpc) is 2.81. The molecular weight excluding hydrogens is 488 g/mol. The molecule has 14 atom stereocenters. The fraction of sp³-hybridized carbons (Fsp3) is 1.00. The minimum atomic E-state index is -1.86. The highest BCUT2D eigenvalue weighted by Crippen LogP contribution is 2.31. The molecule has 0 aromatic carbocycles. The molecule has 2 aliphatic heterocycles. The molecular formula is C22H42O14. The number of aliphatic hydroxyl groups is 10. The van der Waals surface area contributed by atoms with Crippen molar-refractivity contribution in [3.8, 4) is 0 Å². The van der Waals surface area contributed by atoms with Crippen LogP contribution in [0.5, 0.6) is 0 Å². The van der Waals surface area contributed by atoms with Crippen molar-refractivity contribution in [3.63, 3.8) is 0 Å². The topological polar surface area (TPSA) is 239 Å². The lowest BCUT2D eigenvalue weighted by Gasteiger charge is -2.46. The zero-order valence-corrected chi connectivity index (χ0v) is 20.8. The molecule has 0 bridgehead atoms. The van der Waals surface area contributed by atoms with Crippen molar-refractivity contribution in [3.05, 3.63) is 0 Å². The third-order valence-electron chi connectivity index (χ3n) is 6.33. The number of aliphatic hydroxyl groups excluding tert-OH is 10. The van der Waals surface area contributed by atoms with Gasteiger partial charge in [0.25, 0.3) is 0 Å². The molecule has 0 saturated carbocycles. The van der Waals surface area contributed by atoms with Gasteiger partial charge < -0.3 is 70.0 Å². The van der Waals surface area contributed by atoms with Crippen LogP contribution in [0.2, 0.25) is 0 Å². The average molecular weight is 531 g/mol. The predicted molar refractivity (Wildman–Crippen MR) is 119 cm³/mol. The van der Waals surface area contributed by atoms with E-state index < -0.39 is 104 Å². The van der Waals surface area contributed by atoms with Crippen molar-refractivity contribution in [1.29, 1.82) is 0 Å². The van der Waals surface area contributed by atoms with E-state index in [4.69, 9.17) is 18.9 Å². The van der Waals surface area contributed by atoms with Crippen LogP contribution in [0.15, 0.2) is 0 Å². The summed E-state index contributed by atoms with van der Waals surface area (Å²) in [7, 11) is 0. The fourth-order valence-corrected chi connectivity index (χ4v) is 4.23. The van der Waals surface area contributed by atoms with Gasteiger partial charge in [0, 0.05) is 0 Å². The van der Waals surface area contributed by atoms with E-state index in [1.165, 1.54) is 6.92 Å². The molecule has 36 heavy (non-hydrogen) atoms. The van der Waals surface area contributed by atoms with Crippen LogP contribution < -0.4 is 0 Å². The molecule has 0 spiro atoms. The quantitative estimate of drug-likeness (QED) is 0.128. The van der Waals surface area contributed by atoms with Gasteiger partial charge in [-0.15, -0.1) is 0 Å². The normalized spacial score (nSPS) is 41.5. The number of hydrogen-bond donors (Lipinski definition) is 10. The van der Waals surface area contributed by atoms with Crippen molar-refractivity contribution in [2.45, 2.75) is 120 Å². The van der Waals surface area contributed by atoms with Crippen molar-refractivity contribution >= 4 is 0 Å². The first-order valence-corrected chi connectivity index (χ1v) is 11.9. The molecule has 10 N–H and O–H groups in total. The Kier molecular flexibility index (Phi) is 11.4. The Hall–Kier alpha value is -0.560. The van der Waals surface area contributed by atoms with Gasteiger partial charge in [0.1, 0.15) is 61.0 Å². The van der Waals surface area contributed by atoms with Crippen LogP contribution in [-0.2, 0) is 18.9 Å². The zero-order chi connectivity index (χ0) is 27.5. The van der Waals surface area contributed by atoms with E-state index in [-0.39, 0.29) is 6.42 Å². The van der Waals surface area contributed by atoms with Crippen molar-refractivity contribution in [2.75, 3.05) is 13.2 Å². The van der Waals surface area contributed by atoms with Crippen LogP contribution in [0.4, 0.5) is 0 Å². The summed E-state index contributed by atoms with van der Waals surface area (Å²) in [6, 6.07) is 0. The summed E-state index contributed by atoms with van der Waals surface area (Å²) in [6.07, 6.45) is -22.2. The summed E-state index contributed by atoms with van der Waals surface area (Å²) in [4.78, 5) is 0. The molecule has 0 aromatic heterocycles. The fourth-order valence-electron chi connectivity index (χ4n) is 4.23. The van der Waals surface area contributed by atoms with Crippen LogP contribution in [-0.4, -0.2) is 150 Å². The van der Waals surface area contributed by atoms with E-state index in [1.807, 2.05) is 20.8 Å². The molecule has 214 valence electrons. The van der Waals surface area contributed by atoms with Crippen LogP contribution >= 0.6 is 0 Å². The first-order valence-electron chi connectivity index (χ1n) is 11.9. The van der Waals surface area contributed by atoms with Crippen LogP contribution in [0.1, 0.15) is 34.1 Å². The maximum atomic E-state index is 10.9. The second-order valence-electron chi connectivity index (χ2n) is 10.7. The molecule has 2 saturated heterocycles. The smallest absolute Gasteiger partial charge is 0.187 e. The largest absolute Gasteiger partial charge is 0.394 e. The molecule has 0 radical (unpaired) electrons. The van der Waals surface area contributed by atoms with Gasteiger partial charge in [-0.25, -0.2) is 0 Å². The maximum Gasteiger partial charge on any atom is 0.187 e. The second-order valence-corrected chi connectivity index (χ2v) is 10.7. The van der Waals surface area contributed by atoms with Crippen LogP contribution in [0.25, 0.3) is 0 Å². The third-order valence-corrected chi connectivity index (χ3v) is 6.33. The molecule has 0 aromatic rings. The number of ether oxygens (including phenoxy) is 4. The van der Waals surface area contributed by atoms with Crippen molar-refractivity contribution in [1.82, 2.24) is 0 Å². The summed E-state index contributed by atoms with van der Waals surface area (Å²) >= 11 is 0. The lowest BCUT2D eigenvalue weighted by Crippen LogP contribution is -2.65. The lowest BCUT2D eigenvalue weighted by molar-refractivity contribution is -0.366. The minimum absolute atomic E-state index is 0.0905. The monoisotopic (exact) mass is 530 g/mol. The van der Waals surface area contributed by atoms with Crippen LogP contribution in [0.3, 0.4) is 0 Å². The number of hydrogen-bond acceptors (Lipinski definition) is 14. The molecule has 0 amide bonds. The Labute approximate surface area is 209 Å². The highest BCUT2D eigenvalue weighted by atomic mass is 16.7. The second kappa shape index (κ2) is 13.0. The van der Waals surface area contributed by atoms with E-state index in [9.17, 15) is 51.1 Å². The first-order chi connectivity index (χ1) is 16.6. The molecule has 0 aliphatic carbocycles. The van der Waals surface area contributed by atoms with Gasteiger partial charge in [-0.2, -0.15) is 0 Å². The van der Waals surface area contributed by atoms with Gasteiger partial charge in [-0.3, -0.25) is 0 Å². The SMILES string of the molecule is C[C@@H]1O[C@H](O[C@H]2[C@@H](O)[C@@H](CO)O[C@@H](O[C@@H]([C@H](O)[C@@H](O)CC(C)(C)C)[C@H](O)CO)[C@@H]2O)[C@@H](O)[C@H](O)[C@@H]1O. The standard InChI is InChI=1S/C22H42O14/c1-8-12(27)15(30)16(31)20(33-8)36-19-14(29)11(7-24)34-21(17(19)32)35-18(10(26)6-23)13(28)9(25)5-22(2,3)4/h8-21,23-32H,5-7H2,1-4H3/t8-,9-,10+,11+,12+,13+,14-,15+,16-,17+,18+,19-,20+,21-/m0/s1. The van der Waals surface area contributed by atoms with Gasteiger partial charge in [0.15, 0.2) is 12.6 Å². The zero-order valence-electron chi connectivity index (χ0n) is 20.8.